The molecule has 0 radical (unpaired) electrons. The molecule has 0 spiro atoms. The molecule has 6 heteroatoms. The van der Waals surface area contributed by atoms with E-state index in [1.54, 1.807) is 13.8 Å². The summed E-state index contributed by atoms with van der Waals surface area (Å²) in [4.78, 5) is 11.8. The van der Waals surface area contributed by atoms with Crippen LogP contribution in [0.3, 0.4) is 0 Å². The summed E-state index contributed by atoms with van der Waals surface area (Å²) in [5.41, 5.74) is 5.33. The zero-order chi connectivity index (χ0) is 14.6. The number of nitrogens with two attached hydrogens (primary N) is 1. The van der Waals surface area contributed by atoms with Gasteiger partial charge in [-0.1, -0.05) is 6.07 Å². The van der Waals surface area contributed by atoms with Gasteiger partial charge in [-0.15, -0.1) is 12.4 Å². The molecule has 1 atom stereocenters. The minimum absolute atomic E-state index is 0. The third-order valence-corrected chi connectivity index (χ3v) is 2.92. The Balaban J connectivity index is 0.00000361. The average molecular weight is 307 g/mol. The van der Waals surface area contributed by atoms with Crippen LogP contribution < -0.4 is 11.1 Å². The lowest BCUT2D eigenvalue weighted by atomic mass is 9.93. The number of hydrogen-bond donors (Lipinski definition) is 2. The number of carbonyl (C=O) groups excluding carboxylic acids is 1. The molecule has 114 valence electrons. The first-order chi connectivity index (χ1) is 8.72. The fourth-order valence-corrected chi connectivity index (χ4v) is 1.73. The van der Waals surface area contributed by atoms with Crippen molar-refractivity contribution in [2.45, 2.75) is 45.2 Å². The first kappa shape index (κ1) is 18.8. The Morgan fingerprint density at radius 3 is 2.45 bits per heavy atom. The molecule has 0 saturated heterocycles. The average Bonchev–Trinajstić information content (AvgIpc) is 2.29. The third kappa shape index (κ3) is 5.43. The van der Waals surface area contributed by atoms with Gasteiger partial charge in [0.25, 0.3) is 0 Å². The summed E-state index contributed by atoms with van der Waals surface area (Å²) in [6.07, 6.45) is 0.893. The molecule has 0 aliphatic heterocycles. The number of rotatable bonds is 5. The van der Waals surface area contributed by atoms with E-state index in [0.717, 1.165) is 12.1 Å². The number of carbonyl (C=O) groups is 1. The lowest BCUT2D eigenvalue weighted by molar-refractivity contribution is -0.122. The van der Waals surface area contributed by atoms with Gasteiger partial charge in [-0.25, -0.2) is 8.78 Å². The summed E-state index contributed by atoms with van der Waals surface area (Å²) < 4.78 is 26.1. The molecule has 3 N–H and O–H groups in total. The van der Waals surface area contributed by atoms with Gasteiger partial charge in [0.05, 0.1) is 5.54 Å². The zero-order valence-corrected chi connectivity index (χ0v) is 12.7. The van der Waals surface area contributed by atoms with E-state index in [0.29, 0.717) is 18.4 Å². The largest absolute Gasteiger partial charge is 0.347 e. The predicted octanol–water partition coefficient (Wildman–Crippen LogP) is 2.87. The fraction of sp³-hybridized carbons (Fsp3) is 0.500. The second-order valence-corrected chi connectivity index (χ2v) is 5.32. The molecule has 0 bridgehead atoms. The minimum atomic E-state index is -0.921. The van der Waals surface area contributed by atoms with Crippen molar-refractivity contribution in [2.75, 3.05) is 0 Å². The SMILES string of the molecule is CC(N)CCC(=O)NC(C)(C)c1ccc(F)c(F)c1.Cl. The second-order valence-electron chi connectivity index (χ2n) is 5.32. The highest BCUT2D eigenvalue weighted by Gasteiger charge is 2.23. The molecule has 1 aromatic carbocycles. The van der Waals surface area contributed by atoms with Crippen LogP contribution in [-0.4, -0.2) is 11.9 Å². The van der Waals surface area contributed by atoms with E-state index in [-0.39, 0.29) is 24.4 Å². The smallest absolute Gasteiger partial charge is 0.220 e. The molecule has 0 aliphatic rings. The van der Waals surface area contributed by atoms with Crippen molar-refractivity contribution in [3.8, 4) is 0 Å². The second kappa shape index (κ2) is 7.55. The summed E-state index contributed by atoms with van der Waals surface area (Å²) in [6.45, 7) is 5.31. The molecule has 3 nitrogen and oxygen atoms in total. The Labute approximate surface area is 124 Å². The Bertz CT molecular complexity index is 464. The lowest BCUT2D eigenvalue weighted by Gasteiger charge is -2.27. The van der Waals surface area contributed by atoms with Gasteiger partial charge in [-0.3, -0.25) is 4.79 Å². The van der Waals surface area contributed by atoms with Gasteiger partial charge in [0.15, 0.2) is 11.6 Å². The molecular formula is C14H21ClF2N2O. The number of nitrogens with one attached hydrogen (secondary N) is 1. The Kier molecular flexibility index (Phi) is 7.09. The maximum atomic E-state index is 13.2. The molecule has 0 heterocycles. The molecule has 0 aliphatic carbocycles. The van der Waals surface area contributed by atoms with Crippen molar-refractivity contribution in [1.29, 1.82) is 0 Å². The van der Waals surface area contributed by atoms with Crippen molar-refractivity contribution in [2.24, 2.45) is 5.73 Å². The summed E-state index contributed by atoms with van der Waals surface area (Å²) in [6, 6.07) is 3.57. The number of amides is 1. The Morgan fingerprint density at radius 2 is 1.95 bits per heavy atom. The van der Waals surface area contributed by atoms with Crippen LogP contribution in [0.1, 0.15) is 39.2 Å². The van der Waals surface area contributed by atoms with Crippen LogP contribution in [0.15, 0.2) is 18.2 Å². The van der Waals surface area contributed by atoms with Gasteiger partial charge in [0.2, 0.25) is 5.91 Å². The Hall–Kier alpha value is -1.20. The number of benzene rings is 1. The van der Waals surface area contributed by atoms with Crippen molar-refractivity contribution in [3.05, 3.63) is 35.4 Å². The highest BCUT2D eigenvalue weighted by Crippen LogP contribution is 2.22. The van der Waals surface area contributed by atoms with E-state index in [1.165, 1.54) is 6.07 Å². The monoisotopic (exact) mass is 306 g/mol. The van der Waals surface area contributed by atoms with Gasteiger partial charge >= 0.3 is 0 Å². The van der Waals surface area contributed by atoms with Crippen LogP contribution >= 0.6 is 12.4 Å². The summed E-state index contributed by atoms with van der Waals surface area (Å²) >= 11 is 0. The van der Waals surface area contributed by atoms with Crippen LogP contribution in [-0.2, 0) is 10.3 Å². The topological polar surface area (TPSA) is 55.1 Å². The summed E-state index contributed by atoms with van der Waals surface area (Å²) in [5, 5.41) is 2.79. The van der Waals surface area contributed by atoms with Gasteiger partial charge in [0, 0.05) is 12.5 Å². The lowest BCUT2D eigenvalue weighted by Crippen LogP contribution is -2.41. The molecule has 0 fully saturated rings. The highest BCUT2D eigenvalue weighted by molar-refractivity contribution is 5.85. The van der Waals surface area contributed by atoms with Gasteiger partial charge < -0.3 is 11.1 Å². The highest BCUT2D eigenvalue weighted by atomic mass is 35.5. The normalized spacial score (nSPS) is 12.5. The maximum Gasteiger partial charge on any atom is 0.220 e. The Morgan fingerprint density at radius 1 is 1.35 bits per heavy atom. The third-order valence-electron chi connectivity index (χ3n) is 2.92. The van der Waals surface area contributed by atoms with Crippen molar-refractivity contribution < 1.29 is 13.6 Å². The fourth-order valence-electron chi connectivity index (χ4n) is 1.73. The quantitative estimate of drug-likeness (QED) is 0.879. The molecule has 20 heavy (non-hydrogen) atoms. The van der Waals surface area contributed by atoms with Crippen LogP contribution in [0.2, 0.25) is 0 Å². The van der Waals surface area contributed by atoms with Gasteiger partial charge in [-0.05, 0) is 44.9 Å². The molecule has 1 rings (SSSR count). The van der Waals surface area contributed by atoms with Crippen LogP contribution in [0.25, 0.3) is 0 Å². The standard InChI is InChI=1S/C14H20F2N2O.ClH/c1-9(17)4-7-13(19)18-14(2,3)10-5-6-11(15)12(16)8-10;/h5-6,8-9H,4,7,17H2,1-3H3,(H,18,19);1H. The van der Waals surface area contributed by atoms with Crippen molar-refractivity contribution in [3.63, 3.8) is 0 Å². The van der Waals surface area contributed by atoms with Crippen LogP contribution in [0, 0.1) is 11.6 Å². The zero-order valence-electron chi connectivity index (χ0n) is 11.9. The van der Waals surface area contributed by atoms with E-state index in [4.69, 9.17) is 5.73 Å². The first-order valence-electron chi connectivity index (χ1n) is 6.24. The molecule has 1 amide bonds. The predicted molar refractivity (Wildman–Crippen MR) is 77.7 cm³/mol. The van der Waals surface area contributed by atoms with E-state index in [9.17, 15) is 13.6 Å². The van der Waals surface area contributed by atoms with Crippen LogP contribution in [0.5, 0.6) is 0 Å². The van der Waals surface area contributed by atoms with Gasteiger partial charge in [0.1, 0.15) is 0 Å². The molecule has 1 unspecified atom stereocenters. The molecule has 0 saturated carbocycles. The molecule has 1 aromatic rings. The summed E-state index contributed by atoms with van der Waals surface area (Å²) in [5.74, 6) is -1.98. The van der Waals surface area contributed by atoms with E-state index in [2.05, 4.69) is 5.32 Å². The maximum absolute atomic E-state index is 13.2. The van der Waals surface area contributed by atoms with E-state index < -0.39 is 17.2 Å². The summed E-state index contributed by atoms with van der Waals surface area (Å²) in [7, 11) is 0. The first-order valence-corrected chi connectivity index (χ1v) is 6.24. The molecular weight excluding hydrogens is 286 g/mol. The van der Waals surface area contributed by atoms with Crippen molar-refractivity contribution in [1.82, 2.24) is 5.32 Å². The minimum Gasteiger partial charge on any atom is -0.347 e. The van der Waals surface area contributed by atoms with E-state index >= 15 is 0 Å². The number of hydrogen-bond acceptors (Lipinski definition) is 2. The van der Waals surface area contributed by atoms with Gasteiger partial charge in [-0.2, -0.15) is 0 Å². The van der Waals surface area contributed by atoms with Crippen molar-refractivity contribution >= 4 is 18.3 Å². The van der Waals surface area contributed by atoms with Crippen LogP contribution in [0.4, 0.5) is 8.78 Å². The number of halogens is 3. The molecule has 0 aromatic heterocycles. The van der Waals surface area contributed by atoms with E-state index in [1.807, 2.05) is 6.92 Å².